The molecule has 0 aliphatic carbocycles. The van der Waals surface area contributed by atoms with Crippen LogP contribution in [0.4, 0.5) is 16.3 Å². The molecule has 4 atom stereocenters. The highest BCUT2D eigenvalue weighted by molar-refractivity contribution is 6.13. The number of imidazole rings is 1. The SMILES string of the molecule is C=C1C[C@H]2[C@H](O)N(C(=O)OCc3ccc(CC(=O)[C@H](C)NC(=O)[C@H](C)CC(=O)CCN4C(=O)C=CC4=O)cc3)c3cc(OCCCC(=O)Nc4cn(C)c(C(=O)Cc5ccc(-c6cc(C(=O)n7ccc8cc(C(=O)O)ccc87)n(C)c6)cc5)n4)c(OC)cc3C(=O)N2C1. The van der Waals surface area contributed by atoms with Crippen LogP contribution in [0.15, 0.2) is 134 Å². The number of hydrogen-bond acceptors (Lipinski definition) is 16. The Kier molecular flexibility index (Phi) is 19.2. The molecule has 0 saturated carbocycles. The van der Waals surface area contributed by atoms with E-state index in [1.54, 1.807) is 74.2 Å². The number of Topliss-reactive ketones (excluding diaryl/α,β-unsaturated/α-hetero) is 3. The van der Waals surface area contributed by atoms with Crippen molar-refractivity contribution in [3.8, 4) is 22.6 Å². The highest BCUT2D eigenvalue weighted by Crippen LogP contribution is 2.42. The van der Waals surface area contributed by atoms with Crippen molar-refractivity contribution in [3.63, 3.8) is 0 Å². The Morgan fingerprint density at radius 2 is 1.49 bits per heavy atom. The van der Waals surface area contributed by atoms with Crippen LogP contribution in [-0.2, 0) is 67.0 Å². The number of rotatable bonds is 25. The largest absolute Gasteiger partial charge is 0.493 e. The number of ether oxygens (including phenoxy) is 3. The molecule has 3 aliphatic rings. The Balaban J connectivity index is 0.709. The van der Waals surface area contributed by atoms with Crippen LogP contribution in [0.5, 0.6) is 11.5 Å². The van der Waals surface area contributed by atoms with Crippen LogP contribution in [0.2, 0.25) is 0 Å². The minimum atomic E-state index is -1.59. The first-order valence-corrected chi connectivity index (χ1v) is 29.9. The van der Waals surface area contributed by atoms with Crippen molar-refractivity contribution >= 4 is 87.3 Å². The first-order valence-electron chi connectivity index (χ1n) is 29.9. The van der Waals surface area contributed by atoms with Gasteiger partial charge in [0.15, 0.2) is 35.2 Å². The molecule has 3 aromatic heterocycles. The van der Waals surface area contributed by atoms with Crippen LogP contribution in [0.3, 0.4) is 0 Å². The number of amides is 6. The van der Waals surface area contributed by atoms with Crippen LogP contribution in [-0.4, -0.2) is 149 Å². The number of benzene rings is 4. The van der Waals surface area contributed by atoms with E-state index in [1.807, 2.05) is 30.5 Å². The molecule has 6 amide bonds. The second-order valence-corrected chi connectivity index (χ2v) is 23.2. The van der Waals surface area contributed by atoms with Crippen LogP contribution >= 0.6 is 0 Å². The number of nitrogens with one attached hydrogen (secondary N) is 2. The third-order valence-corrected chi connectivity index (χ3v) is 16.5. The van der Waals surface area contributed by atoms with E-state index >= 15 is 0 Å². The fourth-order valence-electron chi connectivity index (χ4n) is 11.4. The molecule has 0 unspecified atom stereocenters. The smallest absolute Gasteiger partial charge is 0.416 e. The molecule has 93 heavy (non-hydrogen) atoms. The van der Waals surface area contributed by atoms with E-state index in [0.717, 1.165) is 33.1 Å². The highest BCUT2D eigenvalue weighted by Gasteiger charge is 2.46. The maximum atomic E-state index is 14.2. The topological polar surface area (TPSA) is 317 Å². The number of carboxylic acid groups (broad SMARTS) is 1. The fourth-order valence-corrected chi connectivity index (χ4v) is 11.4. The van der Waals surface area contributed by atoms with Crippen LogP contribution in [0.1, 0.15) is 104 Å². The molecular formula is C68H67N9O16. The van der Waals surface area contributed by atoms with Crippen molar-refractivity contribution in [2.24, 2.45) is 20.0 Å². The minimum Gasteiger partial charge on any atom is -0.493 e. The molecule has 25 heteroatoms. The van der Waals surface area contributed by atoms with Gasteiger partial charge in [-0.05, 0) is 78.4 Å². The average molecular weight is 1270 g/mol. The molecule has 0 radical (unpaired) electrons. The molecule has 0 bridgehead atoms. The molecule has 25 nitrogen and oxygen atoms in total. The van der Waals surface area contributed by atoms with E-state index in [-0.39, 0.29) is 134 Å². The van der Waals surface area contributed by atoms with Gasteiger partial charge in [0, 0.05) is 113 Å². The molecule has 4 N–H and O–H groups in total. The second-order valence-electron chi connectivity index (χ2n) is 23.2. The maximum Gasteiger partial charge on any atom is 0.416 e. The number of fused-ring (bicyclic) bond motifs is 3. The molecule has 3 aliphatic heterocycles. The third kappa shape index (κ3) is 14.4. The maximum absolute atomic E-state index is 14.2. The lowest BCUT2D eigenvalue weighted by Crippen LogP contribution is -2.50. The van der Waals surface area contributed by atoms with E-state index in [2.05, 4.69) is 22.2 Å². The number of aromatic nitrogens is 4. The van der Waals surface area contributed by atoms with Gasteiger partial charge in [-0.3, -0.25) is 52.6 Å². The number of anilines is 2. The molecular weight excluding hydrogens is 1200 g/mol. The summed E-state index contributed by atoms with van der Waals surface area (Å²) in [4.78, 5) is 150. The van der Waals surface area contributed by atoms with Gasteiger partial charge in [0.2, 0.25) is 17.6 Å². The summed E-state index contributed by atoms with van der Waals surface area (Å²) in [6.07, 6.45) is 4.66. The zero-order chi connectivity index (χ0) is 66.5. The van der Waals surface area contributed by atoms with E-state index in [4.69, 9.17) is 14.2 Å². The van der Waals surface area contributed by atoms with Gasteiger partial charge in [-0.25, -0.2) is 19.5 Å². The number of aryl methyl sites for hydroxylation is 2. The number of aliphatic hydroxyl groups excluding tert-OH is 1. The molecule has 0 spiro atoms. The number of aromatic carboxylic acids is 1. The Morgan fingerprint density at radius 3 is 2.20 bits per heavy atom. The number of ketones is 3. The van der Waals surface area contributed by atoms with Gasteiger partial charge in [0.1, 0.15) is 18.1 Å². The summed E-state index contributed by atoms with van der Waals surface area (Å²) in [6.45, 7) is 6.82. The first-order chi connectivity index (χ1) is 44.4. The number of aliphatic hydroxyl groups is 1. The Labute approximate surface area is 532 Å². The first kappa shape index (κ1) is 64.9. The highest BCUT2D eigenvalue weighted by atomic mass is 16.6. The predicted molar refractivity (Wildman–Crippen MR) is 336 cm³/mol. The van der Waals surface area contributed by atoms with Crippen LogP contribution in [0.25, 0.3) is 22.0 Å². The molecule has 480 valence electrons. The van der Waals surface area contributed by atoms with Gasteiger partial charge in [0.25, 0.3) is 23.6 Å². The van der Waals surface area contributed by atoms with Crippen molar-refractivity contribution in [2.75, 3.05) is 37.0 Å². The summed E-state index contributed by atoms with van der Waals surface area (Å²) in [5, 5.41) is 27.3. The van der Waals surface area contributed by atoms with E-state index in [9.17, 15) is 63.0 Å². The van der Waals surface area contributed by atoms with Gasteiger partial charge in [-0.2, -0.15) is 0 Å². The fraction of sp³-hybridized carbons (Fsp3) is 0.294. The lowest BCUT2D eigenvalue weighted by atomic mass is 10.00. The van der Waals surface area contributed by atoms with E-state index in [0.29, 0.717) is 38.9 Å². The Bertz CT molecular complexity index is 4210. The molecule has 10 rings (SSSR count). The van der Waals surface area contributed by atoms with Gasteiger partial charge in [-0.1, -0.05) is 67.6 Å². The number of methoxy groups -OCH3 is 1. The van der Waals surface area contributed by atoms with E-state index in [1.165, 1.54) is 58.5 Å². The number of carbonyl (C=O) groups excluding carboxylic acids is 10. The van der Waals surface area contributed by atoms with Crippen LogP contribution in [0, 0.1) is 5.92 Å². The lowest BCUT2D eigenvalue weighted by molar-refractivity contribution is -0.137. The van der Waals surface area contributed by atoms with Crippen molar-refractivity contribution in [1.82, 2.24) is 33.8 Å². The number of carbonyl (C=O) groups is 11. The van der Waals surface area contributed by atoms with Gasteiger partial charge in [-0.15, -0.1) is 0 Å². The number of carboxylic acids is 1. The summed E-state index contributed by atoms with van der Waals surface area (Å²) in [5.74, 6) is -5.00. The normalized spacial score (nSPS) is 15.8. The van der Waals surface area contributed by atoms with Gasteiger partial charge >= 0.3 is 12.1 Å². The van der Waals surface area contributed by atoms with Crippen molar-refractivity contribution in [3.05, 3.63) is 173 Å². The van der Waals surface area contributed by atoms with Crippen molar-refractivity contribution in [1.29, 1.82) is 0 Å². The monoisotopic (exact) mass is 1270 g/mol. The molecule has 6 heterocycles. The summed E-state index contributed by atoms with van der Waals surface area (Å²) < 4.78 is 22.2. The standard InChI is InChI=1S/C68H67N9O16/c1-38-26-53-66(87)77(68(90)93-37-43-11-9-41(10-12-43)28-54(79)40(3)69-63(84)39(2)27-48(78)22-24-75-60(82)19-20-61(75)83)51-33-57(56(91-6)32-49(51)64(85)76(53)34-38)92-25-7-8-59(81)70-58-36-73(5)62(71-58)55(80)29-42-13-15-44(16-14-42)47-31-52(72(4)35-47)65(86)74-23-21-45-30-46(67(88)89)17-18-50(45)74/h9-21,23,30-33,35-36,39-40,53,66,87H,1,7-8,22,24-29,34,37H2,2-6H3,(H,69,84)(H,70,81)(H,88,89)/t39-,40+,53+,66+/m1/s1. The molecule has 4 aromatic carbocycles. The molecule has 7 aromatic rings. The predicted octanol–water partition coefficient (Wildman–Crippen LogP) is 6.77. The second kappa shape index (κ2) is 27.6. The lowest BCUT2D eigenvalue weighted by Gasteiger charge is -2.31. The quantitative estimate of drug-likeness (QED) is 0.0198. The Morgan fingerprint density at radius 1 is 0.796 bits per heavy atom. The summed E-state index contributed by atoms with van der Waals surface area (Å²) in [6, 6.07) is 23.0. The van der Waals surface area contributed by atoms with Gasteiger partial charge in [0.05, 0.1) is 48.1 Å². The number of imide groups is 1. The average Bonchev–Trinajstić information content (AvgIpc) is 1.64. The number of nitrogens with zero attached hydrogens (tertiary/aromatic N) is 7. The van der Waals surface area contributed by atoms with Crippen LogP contribution < -0.4 is 25.0 Å². The van der Waals surface area contributed by atoms with Gasteiger partial charge < -0.3 is 49.1 Å². The summed E-state index contributed by atoms with van der Waals surface area (Å²) in [7, 11) is 4.77. The summed E-state index contributed by atoms with van der Waals surface area (Å²) >= 11 is 0. The molecule has 1 fully saturated rings. The molecule has 1 saturated heterocycles. The van der Waals surface area contributed by atoms with Crippen molar-refractivity contribution in [2.45, 2.75) is 83.7 Å². The zero-order valence-electron chi connectivity index (χ0n) is 51.6. The number of hydrogen-bond donors (Lipinski definition) is 4. The minimum absolute atomic E-state index is 0.00642. The third-order valence-electron chi connectivity index (χ3n) is 16.5. The summed E-state index contributed by atoms with van der Waals surface area (Å²) in [5.41, 5.74) is 5.16. The van der Waals surface area contributed by atoms with E-state index < -0.39 is 65.8 Å². The van der Waals surface area contributed by atoms with Crippen molar-refractivity contribution < 1.29 is 77.2 Å². The zero-order valence-corrected chi connectivity index (χ0v) is 51.6. The Hall–Kier alpha value is -11.1.